The van der Waals surface area contributed by atoms with Gasteiger partial charge < -0.3 is 129 Å². The molecule has 0 aliphatic heterocycles. The number of unbranched alkanes of at least 4 members (excludes halogenated alkanes) is 2. The van der Waals surface area contributed by atoms with E-state index in [0.29, 0.717) is 30.4 Å². The molecule has 3 rings (SSSR count). The lowest BCUT2D eigenvalue weighted by molar-refractivity contribution is -0.142. The van der Waals surface area contributed by atoms with Crippen LogP contribution in [0.5, 0.6) is 0 Å². The highest BCUT2D eigenvalue weighted by Gasteiger charge is 2.40. The van der Waals surface area contributed by atoms with E-state index in [9.17, 15) is 82.1 Å². The first-order chi connectivity index (χ1) is 59.5. The lowest BCUT2D eigenvalue weighted by atomic mass is 9.96. The number of guanidine groups is 1. The minimum atomic E-state index is -1.88. The molecule has 17 atom stereocenters. The normalized spacial score (nSPS) is 15.2. The highest BCUT2D eigenvalue weighted by Crippen LogP contribution is 2.17. The van der Waals surface area contributed by atoms with Crippen molar-refractivity contribution >= 4 is 118 Å². The molecule has 0 spiro atoms. The summed E-state index contributed by atoms with van der Waals surface area (Å²) in [7, 11) is 0. The highest BCUT2D eigenvalue weighted by molar-refractivity contribution is 7.98. The second kappa shape index (κ2) is 56.9. The second-order valence-corrected chi connectivity index (χ2v) is 32.6. The predicted octanol–water partition coefficient (Wildman–Crippen LogP) is -5.17. The number of nitrogens with two attached hydrogens (primary N) is 6. The number of aliphatic carboxylic acids is 1. The Kier molecular flexibility index (Phi) is 48.9. The second-order valence-electron chi connectivity index (χ2n) is 31.6. The number of carboxylic acids is 1. The minimum absolute atomic E-state index is 0.0155. The topological polar surface area (TPSA) is 720 Å². The molecular formula is C82H132N24O19S. The van der Waals surface area contributed by atoms with Crippen LogP contribution in [0, 0.1) is 23.2 Å². The largest absolute Gasteiger partial charge is 0.480 e. The van der Waals surface area contributed by atoms with Crippen molar-refractivity contribution in [2.24, 2.45) is 52.2 Å². The number of primary amides is 2. The van der Waals surface area contributed by atoms with E-state index in [1.807, 2.05) is 0 Å². The summed E-state index contributed by atoms with van der Waals surface area (Å²) >= 11 is 1.30. The third-order valence-corrected chi connectivity index (χ3v) is 21.1. The van der Waals surface area contributed by atoms with Crippen molar-refractivity contribution in [2.75, 3.05) is 31.6 Å². The molecule has 0 bridgehead atoms. The number of nitrogens with one attached hydrogen (secondary N) is 17. The summed E-state index contributed by atoms with van der Waals surface area (Å²) in [6.07, 6.45) is 2.20. The summed E-state index contributed by atoms with van der Waals surface area (Å²) in [6.45, 7) is 14.1. The lowest BCUT2D eigenvalue weighted by Crippen LogP contribution is -2.62. The van der Waals surface area contributed by atoms with Crippen molar-refractivity contribution in [1.29, 1.82) is 5.41 Å². The number of carbonyl (C=O) groups excluding carboxylic acids is 16. The van der Waals surface area contributed by atoms with E-state index < -0.39 is 228 Å². The van der Waals surface area contributed by atoms with Crippen LogP contribution in [0.1, 0.15) is 163 Å². The average molecular weight is 1790 g/mol. The Hall–Kier alpha value is -11.9. The monoisotopic (exact) mass is 1790 g/mol. The molecule has 0 unspecified atom stereocenters. The van der Waals surface area contributed by atoms with Crippen molar-refractivity contribution in [3.8, 4) is 0 Å². The highest BCUT2D eigenvalue weighted by atomic mass is 32.2. The number of carbonyl (C=O) groups is 17. The predicted molar refractivity (Wildman–Crippen MR) is 468 cm³/mol. The summed E-state index contributed by atoms with van der Waals surface area (Å²) in [5.41, 5.74) is 35.1. The van der Waals surface area contributed by atoms with Crippen LogP contribution in [-0.2, 0) is 101 Å². The molecule has 31 N–H and O–H groups in total. The van der Waals surface area contributed by atoms with Crippen molar-refractivity contribution in [2.45, 2.75) is 262 Å². The van der Waals surface area contributed by atoms with Crippen LogP contribution in [0.4, 0.5) is 0 Å². The zero-order valence-electron chi connectivity index (χ0n) is 73.2. The fraction of sp³-hybridized carbons (Fsp3) is 0.598. The zero-order chi connectivity index (χ0) is 94.4. The van der Waals surface area contributed by atoms with Gasteiger partial charge in [0.05, 0.1) is 18.9 Å². The molecule has 1 aromatic heterocycles. The maximum absolute atomic E-state index is 15.0. The lowest BCUT2D eigenvalue weighted by Gasteiger charge is -2.30. The van der Waals surface area contributed by atoms with Gasteiger partial charge in [-0.15, -0.1) is 0 Å². The third kappa shape index (κ3) is 39.5. The number of rotatable bonds is 60. The van der Waals surface area contributed by atoms with Gasteiger partial charge in [0.1, 0.15) is 90.6 Å². The summed E-state index contributed by atoms with van der Waals surface area (Å²) < 4.78 is 0. The molecule has 44 heteroatoms. The first-order valence-corrected chi connectivity index (χ1v) is 43.5. The number of benzene rings is 2. The summed E-state index contributed by atoms with van der Waals surface area (Å²) in [6, 6.07) is -5.38. The van der Waals surface area contributed by atoms with Crippen LogP contribution in [0.15, 0.2) is 73.2 Å². The summed E-state index contributed by atoms with van der Waals surface area (Å²) in [4.78, 5) is 244. The third-order valence-electron chi connectivity index (χ3n) is 20.4. The summed E-state index contributed by atoms with van der Waals surface area (Å²) in [5.74, 6) is -18.5. The van der Waals surface area contributed by atoms with Crippen molar-refractivity contribution in [1.82, 2.24) is 89.7 Å². The number of aliphatic hydroxyl groups excluding tert-OH is 1. The van der Waals surface area contributed by atoms with Crippen LogP contribution in [0.2, 0.25) is 0 Å². The first-order valence-electron chi connectivity index (χ1n) is 42.1. The van der Waals surface area contributed by atoms with E-state index in [-0.39, 0.29) is 108 Å². The molecule has 43 nitrogen and oxygen atoms in total. The number of amides is 16. The van der Waals surface area contributed by atoms with Crippen LogP contribution >= 0.6 is 11.8 Å². The van der Waals surface area contributed by atoms with Gasteiger partial charge in [0.15, 0.2) is 5.96 Å². The molecule has 16 amide bonds. The number of imidazole rings is 1. The Morgan fingerprint density at radius 1 is 0.437 bits per heavy atom. The molecule has 2 aromatic carbocycles. The molecule has 1 heterocycles. The maximum Gasteiger partial charge on any atom is 0.326 e. The molecular weight excluding hydrogens is 1660 g/mol. The van der Waals surface area contributed by atoms with Gasteiger partial charge in [-0.1, -0.05) is 109 Å². The number of H-pyrrole nitrogens is 1. The number of nitrogens with zero attached hydrogens (tertiary/aromatic N) is 1. The molecule has 0 aliphatic rings. The van der Waals surface area contributed by atoms with Gasteiger partial charge in [0.25, 0.3) is 0 Å². The van der Waals surface area contributed by atoms with E-state index in [1.165, 1.54) is 45.1 Å². The van der Waals surface area contributed by atoms with Crippen LogP contribution < -0.4 is 114 Å². The molecule has 0 radical (unpaired) electrons. The Morgan fingerprint density at radius 3 is 1.23 bits per heavy atom. The van der Waals surface area contributed by atoms with Gasteiger partial charge in [-0.25, -0.2) is 9.78 Å². The number of aromatic amines is 1. The zero-order valence-corrected chi connectivity index (χ0v) is 74.0. The van der Waals surface area contributed by atoms with Crippen LogP contribution in [0.3, 0.4) is 0 Å². The maximum atomic E-state index is 15.0. The fourth-order valence-corrected chi connectivity index (χ4v) is 13.2. The van der Waals surface area contributed by atoms with Gasteiger partial charge in [0, 0.05) is 44.1 Å². The van der Waals surface area contributed by atoms with Gasteiger partial charge in [-0.05, 0) is 139 Å². The van der Waals surface area contributed by atoms with E-state index in [1.54, 1.807) is 108 Å². The quantitative estimate of drug-likeness (QED) is 0.0143. The van der Waals surface area contributed by atoms with Gasteiger partial charge in [-0.3, -0.25) is 82.1 Å². The molecule has 0 fully saturated rings. The number of hydrogen-bond donors (Lipinski definition) is 25. The molecule has 0 saturated carbocycles. The van der Waals surface area contributed by atoms with E-state index in [2.05, 4.69) is 89.7 Å². The van der Waals surface area contributed by atoms with Crippen molar-refractivity contribution in [3.63, 3.8) is 0 Å². The smallest absolute Gasteiger partial charge is 0.326 e. The van der Waals surface area contributed by atoms with Gasteiger partial charge in [-0.2, -0.15) is 11.8 Å². The Morgan fingerprint density at radius 2 is 0.810 bits per heavy atom. The van der Waals surface area contributed by atoms with Crippen LogP contribution in [-0.4, -0.2) is 255 Å². The Balaban J connectivity index is 1.98. The van der Waals surface area contributed by atoms with Crippen molar-refractivity contribution in [3.05, 3.63) is 90.0 Å². The number of aromatic nitrogens is 2. The number of carboxylic acid groups (broad SMARTS) is 1. The molecule has 0 aliphatic carbocycles. The molecule has 3 aromatic rings. The molecule has 700 valence electrons. The van der Waals surface area contributed by atoms with E-state index in [0.717, 1.165) is 0 Å². The molecule has 126 heavy (non-hydrogen) atoms. The van der Waals surface area contributed by atoms with Gasteiger partial charge >= 0.3 is 5.97 Å². The van der Waals surface area contributed by atoms with Crippen LogP contribution in [0.25, 0.3) is 0 Å². The van der Waals surface area contributed by atoms with E-state index in [4.69, 9.17) is 39.8 Å². The molecule has 0 saturated heterocycles. The first kappa shape index (κ1) is 108. The average Bonchev–Trinajstić information content (AvgIpc) is 0.970. The SMILES string of the molecule is CC[C@H](C)[C@H](NC(=O)[C@H](Cc1ccccc1)NC(=O)[C@@H](NC(=O)[C@H](C)NC(=O)[C@H](CCSC)NC(=O)[C@H](CCC(N)=O)NC(=O)[C@@H](NC(=O)[C@H](C)NC(=O)[C@@H](N)[C@@H](C)O)C(C)C)C(C)C)C(=O)N[C@@H](Cc1cnc[nH]1)C(=O)N[C@@H](CC(N)=O)C(=O)N[C@@H](Cc1ccccc1)C(=O)N[C@@H](CCCCN)C(=O)N[C@H](CCCNC(=N)N)C(=O)N[C@@H](CCCCN)C(=O)O. The number of thioether (sulfide) groups is 1. The Bertz CT molecular complexity index is 4080. The Labute approximate surface area is 737 Å². The number of hydrogen-bond acceptors (Lipinski definition) is 24. The number of aliphatic hydroxyl groups is 1. The van der Waals surface area contributed by atoms with Crippen molar-refractivity contribution < 1.29 is 91.7 Å². The summed E-state index contributed by atoms with van der Waals surface area (Å²) in [5, 5.41) is 66.2. The van der Waals surface area contributed by atoms with Gasteiger partial charge in [0.2, 0.25) is 94.5 Å². The fourth-order valence-electron chi connectivity index (χ4n) is 12.7. The van der Waals surface area contributed by atoms with E-state index >= 15 is 9.59 Å². The standard InChI is InChI=1S/C82H132N24O19S/c1-11-45(6)66(106-76(119)58(38-50-25-16-13-17-26-50)102-79(122)65(44(4)5)105-67(110)46(7)93-69(112)55(32-36-126-10)97-72(115)54(30-31-61(85)108)98-78(121)64(43(2)3)104-68(111)47(8)94-77(120)63(87)48(9)107)80(123)103-59(39-51-41-90-42-92-51)74(117)101-60(40-62(86)109)75(118)100-57(37-49-23-14-12-15-24-49)73(116)96-52(27-18-20-33-83)70(113)95-53(29-22-35-91-82(88)89)71(114)99-56(81(124)125)28-19-21-34-84/h12-17,23-26,41-48,52-60,63-66,107H,11,18-22,27-40,83-84,87H2,1-10H3,(H2,85,108)(H2,86,109)(H,90,92)(H,93,112)(H,94,120)(H,95,113)(H,96,116)(H,97,115)(H,98,121)(H,99,114)(H,100,118)(H,101,117)(H,102,122)(H,103,123)(H,104,111)(H,105,110)(H,106,119)(H,124,125)(H4,88,89,91)/t45-,46-,47-,48+,52-,53+,54-,55-,56-,57-,58-,59-,60-,63-,64-,65-,66-/m0/s1. The minimum Gasteiger partial charge on any atom is -0.480 e.